The number of rotatable bonds is 5. The fourth-order valence-electron chi connectivity index (χ4n) is 3.99. The minimum atomic E-state index is -0.249. The Labute approximate surface area is 182 Å². The Morgan fingerprint density at radius 1 is 1.06 bits per heavy atom. The van der Waals surface area contributed by atoms with E-state index >= 15 is 0 Å². The molecule has 164 valence electrons. The van der Waals surface area contributed by atoms with Crippen LogP contribution in [0.15, 0.2) is 30.5 Å². The van der Waals surface area contributed by atoms with Crippen molar-refractivity contribution in [1.29, 1.82) is 0 Å². The Bertz CT molecular complexity index is 1320. The third-order valence-electron chi connectivity index (χ3n) is 5.53. The number of amides is 1. The first-order chi connectivity index (χ1) is 15.5. The first kappa shape index (κ1) is 19.8. The first-order valence-corrected chi connectivity index (χ1v) is 9.91. The summed E-state index contributed by atoms with van der Waals surface area (Å²) in [6.45, 7) is 1.82. The Balaban J connectivity index is 1.63. The van der Waals surface area contributed by atoms with Gasteiger partial charge in [-0.2, -0.15) is 14.3 Å². The maximum absolute atomic E-state index is 12.7. The van der Waals surface area contributed by atoms with Gasteiger partial charge in [0.2, 0.25) is 11.7 Å². The number of carbonyl (C=O) groups excluding carboxylic acids is 1. The molecule has 4 aromatic rings. The van der Waals surface area contributed by atoms with E-state index in [1.54, 1.807) is 48.9 Å². The lowest BCUT2D eigenvalue weighted by molar-refractivity contribution is -0.116. The van der Waals surface area contributed by atoms with Gasteiger partial charge in [-0.3, -0.25) is 4.79 Å². The summed E-state index contributed by atoms with van der Waals surface area (Å²) in [5, 5.41) is 20.1. The van der Waals surface area contributed by atoms with Gasteiger partial charge >= 0.3 is 0 Å². The lowest BCUT2D eigenvalue weighted by Crippen LogP contribution is -2.25. The molecular formula is C21H21N7O4. The molecule has 1 amide bonds. The highest BCUT2D eigenvalue weighted by Crippen LogP contribution is 2.44. The van der Waals surface area contributed by atoms with E-state index in [2.05, 4.69) is 25.7 Å². The monoisotopic (exact) mass is 435 g/mol. The predicted molar refractivity (Wildman–Crippen MR) is 114 cm³/mol. The highest BCUT2D eigenvalue weighted by atomic mass is 16.5. The standard InChI is InChI=1S/C21H21N7O4/c1-11-24-25-17-5-6-18(26-27(11)17)28-21-14(10-22-28)13(9-19(29)23-21)12-7-15(30-2)20(32-4)16(8-12)31-3/h5-8,10,13H,9H2,1-4H3,(H,23,29). The molecule has 0 saturated carbocycles. The van der Waals surface area contributed by atoms with Gasteiger partial charge in [0, 0.05) is 17.9 Å². The predicted octanol–water partition coefficient (Wildman–Crippen LogP) is 2.12. The molecule has 4 heterocycles. The van der Waals surface area contributed by atoms with Gasteiger partial charge in [-0.25, -0.2) is 0 Å². The van der Waals surface area contributed by atoms with Crippen LogP contribution in [0.2, 0.25) is 0 Å². The maximum atomic E-state index is 12.7. The second kappa shape index (κ2) is 7.52. The summed E-state index contributed by atoms with van der Waals surface area (Å²) in [4.78, 5) is 12.7. The summed E-state index contributed by atoms with van der Waals surface area (Å²) in [7, 11) is 4.68. The normalized spacial score (nSPS) is 15.4. The van der Waals surface area contributed by atoms with Crippen LogP contribution in [0.25, 0.3) is 11.5 Å². The molecule has 5 rings (SSSR count). The summed E-state index contributed by atoms with van der Waals surface area (Å²) in [6.07, 6.45) is 2.00. The van der Waals surface area contributed by atoms with Crippen LogP contribution in [0.1, 0.15) is 29.3 Å². The number of aromatic nitrogens is 6. The lowest BCUT2D eigenvalue weighted by Gasteiger charge is -2.25. The van der Waals surface area contributed by atoms with Crippen LogP contribution in [-0.2, 0) is 4.79 Å². The van der Waals surface area contributed by atoms with Crippen LogP contribution < -0.4 is 19.5 Å². The van der Waals surface area contributed by atoms with Crippen molar-refractivity contribution < 1.29 is 19.0 Å². The summed E-state index contributed by atoms with van der Waals surface area (Å²) in [5.41, 5.74) is 2.35. The van der Waals surface area contributed by atoms with E-state index in [1.807, 2.05) is 19.1 Å². The van der Waals surface area contributed by atoms with E-state index in [0.29, 0.717) is 40.4 Å². The second-order valence-corrected chi connectivity index (χ2v) is 7.33. The van der Waals surface area contributed by atoms with Crippen molar-refractivity contribution in [1.82, 2.24) is 29.6 Å². The van der Waals surface area contributed by atoms with Gasteiger partial charge in [0.15, 0.2) is 28.8 Å². The number of anilines is 1. The fraction of sp³-hybridized carbons (Fsp3) is 0.286. The molecule has 1 aliphatic heterocycles. The average Bonchev–Trinajstić information content (AvgIpc) is 3.40. The van der Waals surface area contributed by atoms with Crippen LogP contribution in [0.5, 0.6) is 17.2 Å². The molecule has 1 N–H and O–H groups in total. The molecule has 0 aliphatic carbocycles. The Kier molecular flexibility index (Phi) is 4.65. The summed E-state index contributed by atoms with van der Waals surface area (Å²) >= 11 is 0. The zero-order valence-electron chi connectivity index (χ0n) is 18.0. The number of nitrogens with zero attached hydrogens (tertiary/aromatic N) is 6. The van der Waals surface area contributed by atoms with E-state index in [1.165, 1.54) is 0 Å². The Morgan fingerprint density at radius 3 is 2.50 bits per heavy atom. The Morgan fingerprint density at radius 2 is 1.81 bits per heavy atom. The van der Waals surface area contributed by atoms with E-state index in [0.717, 1.165) is 11.1 Å². The molecular weight excluding hydrogens is 414 g/mol. The molecule has 1 unspecified atom stereocenters. The minimum absolute atomic E-state index is 0.125. The highest BCUT2D eigenvalue weighted by molar-refractivity contribution is 5.94. The molecule has 0 spiro atoms. The van der Waals surface area contributed by atoms with Crippen molar-refractivity contribution in [3.05, 3.63) is 47.4 Å². The number of aryl methyl sites for hydroxylation is 1. The minimum Gasteiger partial charge on any atom is -0.493 e. The number of hydrogen-bond donors (Lipinski definition) is 1. The molecule has 0 bridgehead atoms. The van der Waals surface area contributed by atoms with Gasteiger partial charge in [-0.1, -0.05) is 0 Å². The summed E-state index contributed by atoms with van der Waals surface area (Å²) < 4.78 is 19.6. The fourth-order valence-corrected chi connectivity index (χ4v) is 3.99. The molecule has 0 fully saturated rings. The molecule has 11 heteroatoms. The van der Waals surface area contributed by atoms with Crippen LogP contribution in [0, 0.1) is 6.92 Å². The van der Waals surface area contributed by atoms with E-state index < -0.39 is 0 Å². The van der Waals surface area contributed by atoms with Gasteiger partial charge in [-0.05, 0) is 36.8 Å². The molecule has 32 heavy (non-hydrogen) atoms. The van der Waals surface area contributed by atoms with Crippen LogP contribution in [-0.4, -0.2) is 56.8 Å². The van der Waals surface area contributed by atoms with E-state index in [-0.39, 0.29) is 18.2 Å². The third kappa shape index (κ3) is 3.01. The molecule has 0 radical (unpaired) electrons. The van der Waals surface area contributed by atoms with Crippen LogP contribution in [0.4, 0.5) is 5.82 Å². The maximum Gasteiger partial charge on any atom is 0.226 e. The molecule has 11 nitrogen and oxygen atoms in total. The molecule has 3 aromatic heterocycles. The van der Waals surface area contributed by atoms with Crippen molar-refractivity contribution in [2.45, 2.75) is 19.3 Å². The van der Waals surface area contributed by atoms with Crippen LogP contribution >= 0.6 is 0 Å². The number of benzene rings is 1. The number of methoxy groups -OCH3 is 3. The number of hydrogen-bond acceptors (Lipinski definition) is 8. The number of fused-ring (bicyclic) bond motifs is 2. The quantitative estimate of drug-likeness (QED) is 0.507. The number of ether oxygens (including phenoxy) is 3. The van der Waals surface area contributed by atoms with Crippen molar-refractivity contribution in [3.63, 3.8) is 0 Å². The highest BCUT2D eigenvalue weighted by Gasteiger charge is 2.32. The SMILES string of the molecule is COc1cc(C2CC(=O)Nc3c2cnn3-c2ccc3nnc(C)n3n2)cc(OC)c1OC. The molecule has 1 aromatic carbocycles. The van der Waals surface area contributed by atoms with E-state index in [4.69, 9.17) is 14.2 Å². The van der Waals surface area contributed by atoms with Gasteiger partial charge in [0.25, 0.3) is 0 Å². The topological polar surface area (TPSA) is 118 Å². The van der Waals surface area contributed by atoms with Crippen LogP contribution in [0.3, 0.4) is 0 Å². The second-order valence-electron chi connectivity index (χ2n) is 7.33. The number of carbonyl (C=O) groups is 1. The van der Waals surface area contributed by atoms with Gasteiger partial charge in [0.1, 0.15) is 5.82 Å². The lowest BCUT2D eigenvalue weighted by atomic mass is 9.87. The van der Waals surface area contributed by atoms with Gasteiger partial charge in [0.05, 0.1) is 27.5 Å². The molecule has 0 saturated heterocycles. The summed E-state index contributed by atoms with van der Waals surface area (Å²) in [5.74, 6) is 2.93. The van der Waals surface area contributed by atoms with E-state index in [9.17, 15) is 4.79 Å². The summed E-state index contributed by atoms with van der Waals surface area (Å²) in [6, 6.07) is 7.30. The first-order valence-electron chi connectivity index (χ1n) is 9.91. The van der Waals surface area contributed by atoms with Crippen molar-refractivity contribution >= 4 is 17.4 Å². The largest absolute Gasteiger partial charge is 0.493 e. The molecule has 1 aliphatic rings. The smallest absolute Gasteiger partial charge is 0.226 e. The van der Waals surface area contributed by atoms with Gasteiger partial charge in [-0.15, -0.1) is 15.3 Å². The third-order valence-corrected chi connectivity index (χ3v) is 5.53. The number of nitrogens with one attached hydrogen (secondary N) is 1. The molecule has 1 atom stereocenters. The van der Waals surface area contributed by atoms with Crippen molar-refractivity contribution in [3.8, 4) is 23.1 Å². The van der Waals surface area contributed by atoms with Crippen molar-refractivity contribution in [2.75, 3.05) is 26.6 Å². The zero-order chi connectivity index (χ0) is 22.4. The van der Waals surface area contributed by atoms with Gasteiger partial charge < -0.3 is 19.5 Å². The average molecular weight is 435 g/mol. The zero-order valence-corrected chi connectivity index (χ0v) is 18.0. The Hall–Kier alpha value is -4.15. The van der Waals surface area contributed by atoms with Crippen molar-refractivity contribution in [2.24, 2.45) is 0 Å².